The van der Waals surface area contributed by atoms with Crippen molar-refractivity contribution >= 4 is 11.8 Å². The van der Waals surface area contributed by atoms with Gasteiger partial charge >= 0.3 is 0 Å². The van der Waals surface area contributed by atoms with Crippen molar-refractivity contribution in [1.82, 2.24) is 5.01 Å². The Morgan fingerprint density at radius 1 is 1.47 bits per heavy atom. The molecule has 0 saturated carbocycles. The minimum Gasteiger partial charge on any atom is -0.507 e. The first-order valence-corrected chi connectivity index (χ1v) is 4.45. The maximum Gasteiger partial charge on any atom is 0.280 e. The second-order valence-electron chi connectivity index (χ2n) is 3.13. The van der Waals surface area contributed by atoms with Gasteiger partial charge in [-0.3, -0.25) is 4.79 Å². The Kier molecular flexibility index (Phi) is 2.29. The van der Waals surface area contributed by atoms with Gasteiger partial charge < -0.3 is 9.84 Å². The highest BCUT2D eigenvalue weighted by atomic mass is 16.5. The lowest BCUT2D eigenvalue weighted by Gasteiger charge is -2.20. The van der Waals surface area contributed by atoms with Crippen LogP contribution in [0.2, 0.25) is 0 Å². The number of phenols is 1. The van der Waals surface area contributed by atoms with E-state index in [0.717, 1.165) is 0 Å². The van der Waals surface area contributed by atoms with Crippen molar-refractivity contribution in [3.8, 4) is 5.75 Å². The molecule has 5 heteroatoms. The Morgan fingerprint density at radius 3 is 2.87 bits per heavy atom. The van der Waals surface area contributed by atoms with Crippen molar-refractivity contribution in [2.45, 2.75) is 0 Å². The highest BCUT2D eigenvalue weighted by Crippen LogP contribution is 2.18. The van der Waals surface area contributed by atoms with E-state index < -0.39 is 0 Å². The number of para-hydroxylation sites is 1. The number of likely N-dealkylation sites (N-methyl/N-ethyl adjacent to an activating group) is 1. The number of carbonyl (C=O) groups excluding carboxylic acids is 1. The molecule has 1 amide bonds. The Morgan fingerprint density at radius 2 is 2.20 bits per heavy atom. The van der Waals surface area contributed by atoms with Gasteiger partial charge in [0.05, 0.1) is 5.56 Å². The Bertz CT molecular complexity index is 428. The van der Waals surface area contributed by atoms with Crippen LogP contribution in [0.4, 0.5) is 0 Å². The van der Waals surface area contributed by atoms with Crippen LogP contribution in [0.1, 0.15) is 5.56 Å². The number of hydrogen-bond acceptors (Lipinski definition) is 4. The summed E-state index contributed by atoms with van der Waals surface area (Å²) in [5.41, 5.74) is 0.483. The quantitative estimate of drug-likeness (QED) is 0.729. The lowest BCUT2D eigenvalue weighted by molar-refractivity contribution is -0.134. The zero-order chi connectivity index (χ0) is 10.8. The summed E-state index contributed by atoms with van der Waals surface area (Å²) in [5, 5.41) is 14.7. The maximum absolute atomic E-state index is 11.1. The number of ether oxygens (including phenoxy) is 1. The van der Waals surface area contributed by atoms with Crippen LogP contribution in [0.3, 0.4) is 0 Å². The summed E-state index contributed by atoms with van der Waals surface area (Å²) in [5.74, 6) is 0.128. The lowest BCUT2D eigenvalue weighted by atomic mass is 10.2. The van der Waals surface area contributed by atoms with Crippen LogP contribution in [-0.2, 0) is 9.53 Å². The second-order valence-corrected chi connectivity index (χ2v) is 3.13. The number of phenolic OH excluding ortho intramolecular Hbond substituents is 1. The first-order valence-electron chi connectivity index (χ1n) is 4.45. The Balaban J connectivity index is 2.37. The van der Waals surface area contributed by atoms with Crippen LogP contribution in [0, 0.1) is 0 Å². The average Bonchev–Trinajstić information content (AvgIpc) is 2.23. The average molecular weight is 206 g/mol. The molecule has 0 fully saturated rings. The van der Waals surface area contributed by atoms with Gasteiger partial charge in [-0.25, -0.2) is 5.01 Å². The number of hydrogen-bond donors (Lipinski definition) is 1. The SMILES string of the molecule is CN1N=C(c2ccccc2O)OCC1=O. The molecular formula is C10H10N2O3. The molecular weight excluding hydrogens is 196 g/mol. The van der Waals surface area contributed by atoms with Crippen LogP contribution in [0.25, 0.3) is 0 Å². The van der Waals surface area contributed by atoms with Crippen LogP contribution in [0.5, 0.6) is 5.75 Å². The van der Waals surface area contributed by atoms with E-state index in [4.69, 9.17) is 4.74 Å². The number of benzene rings is 1. The van der Waals surface area contributed by atoms with E-state index in [1.807, 2.05) is 0 Å². The van der Waals surface area contributed by atoms with Crippen molar-refractivity contribution in [3.05, 3.63) is 29.8 Å². The molecule has 2 rings (SSSR count). The van der Waals surface area contributed by atoms with Gasteiger partial charge in [-0.05, 0) is 12.1 Å². The smallest absolute Gasteiger partial charge is 0.280 e. The first kappa shape index (κ1) is 9.51. The van der Waals surface area contributed by atoms with Gasteiger partial charge in [0, 0.05) is 7.05 Å². The van der Waals surface area contributed by atoms with Crippen LogP contribution < -0.4 is 0 Å². The molecule has 0 unspecified atom stereocenters. The van der Waals surface area contributed by atoms with Crippen LogP contribution in [0.15, 0.2) is 29.4 Å². The Labute approximate surface area is 86.6 Å². The number of aromatic hydroxyl groups is 1. The zero-order valence-electron chi connectivity index (χ0n) is 8.17. The molecule has 1 aliphatic heterocycles. The molecule has 0 atom stereocenters. The molecule has 0 radical (unpaired) electrons. The minimum absolute atomic E-state index is 0.0519. The third-order valence-corrected chi connectivity index (χ3v) is 2.07. The summed E-state index contributed by atoms with van der Waals surface area (Å²) >= 11 is 0. The van der Waals surface area contributed by atoms with Gasteiger partial charge in [0.15, 0.2) is 6.61 Å². The van der Waals surface area contributed by atoms with E-state index in [0.29, 0.717) is 5.56 Å². The lowest BCUT2D eigenvalue weighted by Crippen LogP contribution is -2.33. The highest BCUT2D eigenvalue weighted by Gasteiger charge is 2.20. The highest BCUT2D eigenvalue weighted by molar-refractivity contribution is 5.99. The van der Waals surface area contributed by atoms with Crippen molar-refractivity contribution < 1.29 is 14.6 Å². The summed E-state index contributed by atoms with van der Waals surface area (Å²) in [6.45, 7) is -0.0519. The Hall–Kier alpha value is -2.04. The molecule has 15 heavy (non-hydrogen) atoms. The van der Waals surface area contributed by atoms with Gasteiger partial charge in [-0.2, -0.15) is 0 Å². The summed E-state index contributed by atoms with van der Waals surface area (Å²) in [6.07, 6.45) is 0. The molecule has 78 valence electrons. The van der Waals surface area contributed by atoms with Crippen molar-refractivity contribution in [2.24, 2.45) is 5.10 Å². The molecule has 1 N–H and O–H groups in total. The third kappa shape index (κ3) is 1.76. The third-order valence-electron chi connectivity index (χ3n) is 2.07. The van der Waals surface area contributed by atoms with E-state index >= 15 is 0 Å². The van der Waals surface area contributed by atoms with E-state index in [-0.39, 0.29) is 24.2 Å². The summed E-state index contributed by atoms with van der Waals surface area (Å²) < 4.78 is 5.13. The van der Waals surface area contributed by atoms with Crippen molar-refractivity contribution in [2.75, 3.05) is 13.7 Å². The summed E-state index contributed by atoms with van der Waals surface area (Å²) in [4.78, 5) is 11.1. The van der Waals surface area contributed by atoms with Gasteiger partial charge in [0.1, 0.15) is 5.75 Å². The number of rotatable bonds is 1. The normalized spacial score (nSPS) is 15.9. The number of nitrogens with zero attached hydrogens (tertiary/aromatic N) is 2. The number of hydrazone groups is 1. The second kappa shape index (κ2) is 3.61. The fraction of sp³-hybridized carbons (Fsp3) is 0.200. The summed E-state index contributed by atoms with van der Waals surface area (Å²) in [7, 11) is 1.55. The van der Waals surface area contributed by atoms with Crippen molar-refractivity contribution in [3.63, 3.8) is 0 Å². The predicted molar refractivity (Wildman–Crippen MR) is 53.4 cm³/mol. The maximum atomic E-state index is 11.1. The van der Waals surface area contributed by atoms with E-state index in [9.17, 15) is 9.90 Å². The molecule has 0 spiro atoms. The van der Waals surface area contributed by atoms with Crippen LogP contribution >= 0.6 is 0 Å². The molecule has 0 aliphatic carbocycles. The van der Waals surface area contributed by atoms with Gasteiger partial charge in [0.25, 0.3) is 5.91 Å². The van der Waals surface area contributed by atoms with Crippen LogP contribution in [-0.4, -0.2) is 35.6 Å². The number of carbonyl (C=O) groups is 1. The molecule has 1 aliphatic rings. The van der Waals surface area contributed by atoms with E-state index in [2.05, 4.69) is 5.10 Å². The fourth-order valence-electron chi connectivity index (χ4n) is 1.23. The van der Waals surface area contributed by atoms with E-state index in [1.54, 1.807) is 25.2 Å². The standard InChI is InChI=1S/C10H10N2O3/c1-12-9(14)6-15-10(11-12)7-4-2-3-5-8(7)13/h2-5,13H,6H2,1H3. The molecule has 0 saturated heterocycles. The van der Waals surface area contributed by atoms with Gasteiger partial charge in [0.2, 0.25) is 5.90 Å². The molecule has 1 heterocycles. The predicted octanol–water partition coefficient (Wildman–Crippen LogP) is 0.542. The zero-order valence-corrected chi connectivity index (χ0v) is 8.17. The molecule has 5 nitrogen and oxygen atoms in total. The molecule has 0 bridgehead atoms. The largest absolute Gasteiger partial charge is 0.507 e. The van der Waals surface area contributed by atoms with Gasteiger partial charge in [-0.1, -0.05) is 12.1 Å². The monoisotopic (exact) mass is 206 g/mol. The first-order chi connectivity index (χ1) is 7.18. The van der Waals surface area contributed by atoms with Crippen molar-refractivity contribution in [1.29, 1.82) is 0 Å². The molecule has 1 aromatic carbocycles. The minimum atomic E-state index is -0.214. The fourth-order valence-corrected chi connectivity index (χ4v) is 1.23. The topological polar surface area (TPSA) is 62.1 Å². The molecule has 1 aromatic rings. The summed E-state index contributed by atoms with van der Waals surface area (Å²) in [6, 6.07) is 6.68. The number of amides is 1. The van der Waals surface area contributed by atoms with Gasteiger partial charge in [-0.15, -0.1) is 5.10 Å². The molecule has 0 aromatic heterocycles. The van der Waals surface area contributed by atoms with E-state index in [1.165, 1.54) is 11.1 Å².